The summed E-state index contributed by atoms with van der Waals surface area (Å²) in [6.45, 7) is 0. The van der Waals surface area contributed by atoms with Gasteiger partial charge in [-0.15, -0.1) is 0 Å². The van der Waals surface area contributed by atoms with Crippen LogP contribution in [0.15, 0.2) is 59.8 Å². The number of hydrogen-bond donors (Lipinski definition) is 3. The Kier molecular flexibility index (Phi) is 6.85. The molecule has 1 aromatic carbocycles. The van der Waals surface area contributed by atoms with E-state index in [1.165, 1.54) is 5.56 Å². The van der Waals surface area contributed by atoms with Gasteiger partial charge in [-0.1, -0.05) is 41.9 Å². The lowest BCUT2D eigenvalue weighted by atomic mass is 9.99. The van der Waals surface area contributed by atoms with E-state index in [4.69, 9.17) is 16.4 Å². The van der Waals surface area contributed by atoms with E-state index in [2.05, 4.69) is 39.3 Å². The molecule has 0 saturated carbocycles. The van der Waals surface area contributed by atoms with Crippen LogP contribution in [-0.2, 0) is 30.8 Å². The molecule has 0 spiro atoms. The number of fused-ring (bicyclic) bond motifs is 1. The molecule has 0 radical (unpaired) electrons. The maximum Gasteiger partial charge on any atom is 0.272 e. The van der Waals surface area contributed by atoms with Gasteiger partial charge in [0, 0.05) is 31.2 Å². The average molecular weight is 456 g/mol. The molecule has 4 rings (SSSR count). The minimum Gasteiger partial charge on any atom is -0.345 e. The van der Waals surface area contributed by atoms with E-state index >= 15 is 0 Å². The first-order valence-electron chi connectivity index (χ1n) is 10.4. The molecule has 2 atom stereocenters. The maximum atomic E-state index is 13.0. The van der Waals surface area contributed by atoms with Crippen molar-refractivity contribution in [1.29, 1.82) is 4.78 Å². The fourth-order valence-electron chi connectivity index (χ4n) is 4.04. The van der Waals surface area contributed by atoms with Crippen molar-refractivity contribution in [3.8, 4) is 0 Å². The molecule has 162 valence electrons. The Labute approximate surface area is 190 Å². The predicted molar refractivity (Wildman–Crippen MR) is 126 cm³/mol. The van der Waals surface area contributed by atoms with Gasteiger partial charge < -0.3 is 9.88 Å². The lowest BCUT2D eigenvalue weighted by Gasteiger charge is -2.16. The number of carbonyl (C=O) groups is 1. The van der Waals surface area contributed by atoms with Gasteiger partial charge in [0.05, 0.1) is 4.90 Å². The largest absolute Gasteiger partial charge is 0.345 e. The summed E-state index contributed by atoms with van der Waals surface area (Å²) in [4.78, 5) is 17.9. The highest BCUT2D eigenvalue weighted by Gasteiger charge is 2.26. The van der Waals surface area contributed by atoms with Crippen LogP contribution in [0.1, 0.15) is 40.9 Å². The van der Waals surface area contributed by atoms with Gasteiger partial charge in [-0.05, 0) is 66.2 Å². The van der Waals surface area contributed by atoms with Gasteiger partial charge >= 0.3 is 0 Å². The third kappa shape index (κ3) is 5.23. The average Bonchev–Trinajstić information content (AvgIpc) is 3.01. The van der Waals surface area contributed by atoms with E-state index in [0.717, 1.165) is 42.6 Å². The second-order valence-corrected chi connectivity index (χ2v) is 9.47. The Bertz CT molecular complexity index is 1100. The van der Waals surface area contributed by atoms with Gasteiger partial charge in [0.2, 0.25) is 0 Å². The van der Waals surface area contributed by atoms with Crippen molar-refractivity contribution in [2.24, 2.45) is 7.05 Å². The zero-order chi connectivity index (χ0) is 21.8. The Morgan fingerprint density at radius 2 is 2.16 bits per heavy atom. The Hall–Kier alpha value is -2.48. The molecule has 1 amide bonds. The van der Waals surface area contributed by atoms with E-state index in [0.29, 0.717) is 16.5 Å². The number of benzene rings is 1. The monoisotopic (exact) mass is 455 g/mol. The fourth-order valence-corrected chi connectivity index (χ4v) is 5.62. The summed E-state index contributed by atoms with van der Waals surface area (Å²) >= 11 is 5.94. The van der Waals surface area contributed by atoms with E-state index in [-0.39, 0.29) is 11.9 Å². The minimum atomic E-state index is -0.849. The number of hydrogen-bond acceptors (Lipinski definition) is 3. The lowest BCUT2D eigenvalue weighted by molar-refractivity contribution is 0.101. The molecule has 1 aliphatic heterocycles. The molecule has 3 heterocycles. The first-order valence-corrected chi connectivity index (χ1v) is 12.0. The smallest absolute Gasteiger partial charge is 0.272 e. The first kappa shape index (κ1) is 21.7. The topological polar surface area (TPSA) is 82.8 Å². The predicted octanol–water partition coefficient (Wildman–Crippen LogP) is 4.91. The van der Waals surface area contributed by atoms with Crippen LogP contribution in [0.4, 0.5) is 5.69 Å². The number of rotatable bonds is 6. The number of nitrogens with one attached hydrogen (secondary N) is 3. The number of aromatic nitrogens is 2. The Morgan fingerprint density at radius 1 is 1.35 bits per heavy atom. The van der Waals surface area contributed by atoms with Gasteiger partial charge in [0.1, 0.15) is 10.8 Å². The third-order valence-corrected chi connectivity index (χ3v) is 7.12. The van der Waals surface area contributed by atoms with Crippen molar-refractivity contribution < 1.29 is 4.79 Å². The van der Waals surface area contributed by atoms with E-state index in [1.807, 2.05) is 23.9 Å². The summed E-state index contributed by atoms with van der Waals surface area (Å²) in [6, 6.07) is 14.1. The van der Waals surface area contributed by atoms with Crippen molar-refractivity contribution in [2.75, 3.05) is 5.32 Å². The number of nitrogens with zero attached hydrogens (tertiary/aromatic N) is 2. The van der Waals surface area contributed by atoms with Crippen LogP contribution in [0, 0.1) is 4.78 Å². The number of amides is 1. The number of anilines is 1. The number of halogens is 1. The van der Waals surface area contributed by atoms with Crippen LogP contribution in [0.5, 0.6) is 0 Å². The molecule has 0 bridgehead atoms. The molecule has 3 aromatic rings. The van der Waals surface area contributed by atoms with Gasteiger partial charge in [0.15, 0.2) is 0 Å². The maximum absolute atomic E-state index is 13.0. The van der Waals surface area contributed by atoms with Crippen molar-refractivity contribution in [3.05, 3.63) is 76.8 Å². The van der Waals surface area contributed by atoms with Gasteiger partial charge in [-0.2, -0.15) is 0 Å². The molecule has 3 N–H and O–H groups in total. The van der Waals surface area contributed by atoms with Gasteiger partial charge in [-0.25, -0.2) is 9.71 Å². The standard InChI is InChI=1S/C23H26ClN5OS/c1-29-15-20-19(22(29)23(30)27-18-12-13-26-21(24)14-18)11-10-17(28-31(20)25)9-5-8-16-6-3-2-4-7-16/h2-4,6-7,12-15,17H,5,8-11H2,1H3,(H2,25,28)(H,26,27,30)/t17-,31?/m0/s1. The summed E-state index contributed by atoms with van der Waals surface area (Å²) in [5.41, 5.74) is 3.53. The molecular weight excluding hydrogens is 430 g/mol. The lowest BCUT2D eigenvalue weighted by Crippen LogP contribution is -2.29. The Morgan fingerprint density at radius 3 is 2.94 bits per heavy atom. The van der Waals surface area contributed by atoms with Crippen molar-refractivity contribution in [3.63, 3.8) is 0 Å². The second-order valence-electron chi connectivity index (χ2n) is 7.79. The zero-order valence-corrected chi connectivity index (χ0v) is 19.0. The third-order valence-electron chi connectivity index (χ3n) is 5.55. The van der Waals surface area contributed by atoms with Crippen molar-refractivity contribution >= 4 is 34.1 Å². The summed E-state index contributed by atoms with van der Waals surface area (Å²) in [7, 11) is 1.01. The zero-order valence-electron chi connectivity index (χ0n) is 17.4. The molecule has 6 nitrogen and oxygen atoms in total. The highest BCUT2D eigenvalue weighted by molar-refractivity contribution is 7.84. The van der Waals surface area contributed by atoms with Crippen molar-refractivity contribution in [1.82, 2.24) is 14.3 Å². The highest BCUT2D eigenvalue weighted by Crippen LogP contribution is 2.27. The van der Waals surface area contributed by atoms with Crippen LogP contribution < -0.4 is 10.0 Å². The SMILES string of the molecule is Cn1cc2c(c1C(=O)Nc1ccnc(Cl)c1)CC[C@H](CCCc1ccccc1)NS2=N. The molecule has 1 aliphatic rings. The van der Waals surface area contributed by atoms with Crippen molar-refractivity contribution in [2.45, 2.75) is 43.0 Å². The molecule has 2 aromatic heterocycles. The number of carbonyl (C=O) groups excluding carboxylic acids is 1. The van der Waals surface area contributed by atoms with Crippen LogP contribution in [0.3, 0.4) is 0 Å². The second kappa shape index (κ2) is 9.77. The molecule has 0 fully saturated rings. The minimum absolute atomic E-state index is 0.189. The van der Waals surface area contributed by atoms with Gasteiger partial charge in [-0.3, -0.25) is 9.57 Å². The number of aryl methyl sites for hydroxylation is 2. The molecule has 0 aliphatic carbocycles. The fraction of sp³-hybridized carbons (Fsp3) is 0.304. The summed E-state index contributed by atoms with van der Waals surface area (Å²) < 4.78 is 14.0. The summed E-state index contributed by atoms with van der Waals surface area (Å²) in [6.07, 6.45) is 8.31. The Balaban J connectivity index is 1.44. The molecule has 0 saturated heterocycles. The quantitative estimate of drug-likeness (QED) is 0.462. The first-order chi connectivity index (χ1) is 15.0. The van der Waals surface area contributed by atoms with Crippen LogP contribution >= 0.6 is 11.6 Å². The molecule has 1 unspecified atom stereocenters. The number of pyridine rings is 1. The molecule has 31 heavy (non-hydrogen) atoms. The van der Waals surface area contributed by atoms with Crippen LogP contribution in [0.25, 0.3) is 0 Å². The van der Waals surface area contributed by atoms with Crippen LogP contribution in [-0.4, -0.2) is 21.5 Å². The van der Waals surface area contributed by atoms with E-state index < -0.39 is 10.9 Å². The van der Waals surface area contributed by atoms with E-state index in [1.54, 1.807) is 18.3 Å². The molecule has 8 heteroatoms. The molecular formula is C23H26ClN5OS. The van der Waals surface area contributed by atoms with Gasteiger partial charge in [0.25, 0.3) is 5.91 Å². The normalized spacial score (nSPS) is 18.3. The van der Waals surface area contributed by atoms with E-state index in [9.17, 15) is 4.79 Å². The summed E-state index contributed by atoms with van der Waals surface area (Å²) in [5, 5.41) is 3.24. The van der Waals surface area contributed by atoms with Crippen LogP contribution in [0.2, 0.25) is 5.15 Å². The summed E-state index contributed by atoms with van der Waals surface area (Å²) in [5.74, 6) is -0.189. The highest BCUT2D eigenvalue weighted by atomic mass is 35.5.